The van der Waals surface area contributed by atoms with Crippen molar-refractivity contribution >= 4 is 23.5 Å². The Bertz CT molecular complexity index is 772. The predicted octanol–water partition coefficient (Wildman–Crippen LogP) is 2.93. The first kappa shape index (κ1) is 16.5. The number of rotatable bonds is 4. The number of fused-ring (bicyclic) bond motifs is 1. The maximum Gasteiger partial charge on any atom is 0.350 e. The molecule has 6 heteroatoms. The third kappa shape index (κ3) is 2.90. The van der Waals surface area contributed by atoms with E-state index in [0.29, 0.717) is 10.8 Å². The van der Waals surface area contributed by atoms with Crippen LogP contribution in [0.25, 0.3) is 11.1 Å². The lowest BCUT2D eigenvalue weighted by Gasteiger charge is -2.11. The number of hydrogen-bond acceptors (Lipinski definition) is 4. The Kier molecular flexibility index (Phi) is 4.73. The van der Waals surface area contributed by atoms with Crippen molar-refractivity contribution in [2.75, 3.05) is 12.0 Å². The SMILES string of the molecule is CSCC1C[n+]2c(O)c(-c3ccccc3)c(=O)n(C(C)C)c2S1. The third-order valence-electron chi connectivity index (χ3n) is 3.94. The summed E-state index contributed by atoms with van der Waals surface area (Å²) in [6, 6.07) is 9.47. The van der Waals surface area contributed by atoms with Crippen LogP contribution in [0.4, 0.5) is 0 Å². The highest BCUT2D eigenvalue weighted by molar-refractivity contribution is 8.03. The molecule has 23 heavy (non-hydrogen) atoms. The minimum atomic E-state index is -0.118. The fourth-order valence-corrected chi connectivity index (χ4v) is 5.29. The number of nitrogens with zero attached hydrogens (tertiary/aromatic N) is 2. The predicted molar refractivity (Wildman–Crippen MR) is 96.4 cm³/mol. The van der Waals surface area contributed by atoms with Gasteiger partial charge in [-0.15, -0.1) is 0 Å². The molecule has 1 atom stereocenters. The smallest absolute Gasteiger partial charge is 0.350 e. The van der Waals surface area contributed by atoms with Crippen LogP contribution in [0.1, 0.15) is 19.9 Å². The summed E-state index contributed by atoms with van der Waals surface area (Å²) in [5.74, 6) is 1.09. The van der Waals surface area contributed by atoms with E-state index in [2.05, 4.69) is 6.26 Å². The molecule has 1 N–H and O–H groups in total. The van der Waals surface area contributed by atoms with Crippen molar-refractivity contribution in [3.63, 3.8) is 0 Å². The van der Waals surface area contributed by atoms with Gasteiger partial charge < -0.3 is 5.11 Å². The second-order valence-electron chi connectivity index (χ2n) is 5.92. The van der Waals surface area contributed by atoms with E-state index in [1.807, 2.05) is 53.3 Å². The molecule has 0 radical (unpaired) electrons. The molecule has 2 heterocycles. The lowest BCUT2D eigenvalue weighted by molar-refractivity contribution is -0.736. The molecular weight excluding hydrogens is 328 g/mol. The average molecular weight is 350 g/mol. The van der Waals surface area contributed by atoms with Gasteiger partial charge in [-0.2, -0.15) is 20.9 Å². The Balaban J connectivity index is 2.24. The molecule has 0 saturated heterocycles. The quantitative estimate of drug-likeness (QED) is 0.681. The summed E-state index contributed by atoms with van der Waals surface area (Å²) in [7, 11) is 0. The summed E-state index contributed by atoms with van der Waals surface area (Å²) in [6.45, 7) is 4.76. The Morgan fingerprint density at radius 2 is 2.09 bits per heavy atom. The molecule has 1 aromatic carbocycles. The van der Waals surface area contributed by atoms with Gasteiger partial charge in [0.2, 0.25) is 0 Å². The normalized spacial score (nSPS) is 16.8. The van der Waals surface area contributed by atoms with Gasteiger partial charge in [0.15, 0.2) is 5.56 Å². The van der Waals surface area contributed by atoms with Crippen molar-refractivity contribution in [3.8, 4) is 17.0 Å². The maximum absolute atomic E-state index is 13.0. The van der Waals surface area contributed by atoms with Crippen LogP contribution in [0.5, 0.6) is 5.88 Å². The summed E-state index contributed by atoms with van der Waals surface area (Å²) >= 11 is 3.48. The minimum Gasteiger partial charge on any atom is -0.477 e. The summed E-state index contributed by atoms with van der Waals surface area (Å²) in [4.78, 5) is 13.0. The van der Waals surface area contributed by atoms with Crippen molar-refractivity contribution in [1.82, 2.24) is 4.57 Å². The van der Waals surface area contributed by atoms with Crippen LogP contribution in [-0.2, 0) is 6.54 Å². The molecule has 2 aromatic rings. The van der Waals surface area contributed by atoms with Gasteiger partial charge in [-0.3, -0.25) is 0 Å². The van der Waals surface area contributed by atoms with E-state index >= 15 is 0 Å². The van der Waals surface area contributed by atoms with Crippen LogP contribution < -0.4 is 10.1 Å². The zero-order chi connectivity index (χ0) is 16.6. The number of aromatic nitrogens is 2. The van der Waals surface area contributed by atoms with Crippen LogP contribution in [0.2, 0.25) is 0 Å². The zero-order valence-electron chi connectivity index (χ0n) is 13.5. The lowest BCUT2D eigenvalue weighted by atomic mass is 10.1. The van der Waals surface area contributed by atoms with Crippen LogP contribution in [-0.4, -0.2) is 26.9 Å². The van der Waals surface area contributed by atoms with Crippen molar-refractivity contribution in [2.24, 2.45) is 0 Å². The van der Waals surface area contributed by atoms with Gasteiger partial charge in [0, 0.05) is 5.75 Å². The molecule has 0 aliphatic carbocycles. The van der Waals surface area contributed by atoms with Gasteiger partial charge in [0.25, 0.3) is 5.88 Å². The molecule has 0 fully saturated rings. The fraction of sp³-hybridized carbons (Fsp3) is 0.412. The van der Waals surface area contributed by atoms with Gasteiger partial charge in [0.1, 0.15) is 6.54 Å². The zero-order valence-corrected chi connectivity index (χ0v) is 15.2. The third-order valence-corrected chi connectivity index (χ3v) is 6.16. The fourth-order valence-electron chi connectivity index (χ4n) is 2.92. The minimum absolute atomic E-state index is 0.0485. The molecule has 0 saturated carbocycles. The molecule has 1 aromatic heterocycles. The molecule has 1 aliphatic rings. The summed E-state index contributed by atoms with van der Waals surface area (Å²) in [5, 5.41) is 12.0. The highest BCUT2D eigenvalue weighted by Gasteiger charge is 2.38. The van der Waals surface area contributed by atoms with Crippen LogP contribution in [0.3, 0.4) is 0 Å². The van der Waals surface area contributed by atoms with Gasteiger partial charge in [-0.25, -0.2) is 4.79 Å². The van der Waals surface area contributed by atoms with E-state index < -0.39 is 0 Å². The molecule has 0 spiro atoms. The molecule has 1 aliphatic heterocycles. The van der Waals surface area contributed by atoms with Crippen molar-refractivity contribution < 1.29 is 9.67 Å². The monoisotopic (exact) mass is 349 g/mol. The Labute approximate surface area is 144 Å². The number of hydrogen-bond donors (Lipinski definition) is 1. The largest absolute Gasteiger partial charge is 0.477 e. The van der Waals surface area contributed by atoms with Gasteiger partial charge >= 0.3 is 10.7 Å². The second-order valence-corrected chi connectivity index (χ2v) is 8.10. The Hall–Kier alpha value is -1.40. The van der Waals surface area contributed by atoms with E-state index in [0.717, 1.165) is 23.0 Å². The summed E-state index contributed by atoms with van der Waals surface area (Å²) in [5.41, 5.74) is 1.04. The molecule has 1 unspecified atom stereocenters. The highest BCUT2D eigenvalue weighted by Crippen LogP contribution is 2.34. The van der Waals surface area contributed by atoms with E-state index in [4.69, 9.17) is 0 Å². The van der Waals surface area contributed by atoms with Crippen LogP contribution in [0, 0.1) is 0 Å². The van der Waals surface area contributed by atoms with E-state index in [1.54, 1.807) is 23.5 Å². The number of benzene rings is 1. The summed E-state index contributed by atoms with van der Waals surface area (Å²) < 4.78 is 3.71. The topological polar surface area (TPSA) is 46.1 Å². The van der Waals surface area contributed by atoms with E-state index in [1.165, 1.54) is 0 Å². The van der Waals surface area contributed by atoms with Crippen LogP contribution in [0.15, 0.2) is 40.3 Å². The maximum atomic E-state index is 13.0. The molecule has 4 nitrogen and oxygen atoms in total. The van der Waals surface area contributed by atoms with Crippen molar-refractivity contribution in [2.45, 2.75) is 36.8 Å². The Morgan fingerprint density at radius 1 is 1.39 bits per heavy atom. The average Bonchev–Trinajstić information content (AvgIpc) is 2.92. The molecule has 3 rings (SSSR count). The first-order valence-corrected chi connectivity index (χ1v) is 9.94. The molecule has 122 valence electrons. The van der Waals surface area contributed by atoms with Crippen molar-refractivity contribution in [3.05, 3.63) is 40.7 Å². The summed E-state index contributed by atoms with van der Waals surface area (Å²) in [6.07, 6.45) is 2.08. The highest BCUT2D eigenvalue weighted by atomic mass is 32.2. The standard InChI is InChI=1S/C17H20N2O2S2/c1-11(2)19-16(21)14(12-7-5-4-6-8-12)15(20)18-9-13(10-22-3)23-17(18)19/h4-8,11,13H,9-10H2,1-3H3/p+1. The van der Waals surface area contributed by atoms with E-state index in [-0.39, 0.29) is 17.5 Å². The number of aromatic hydroxyl groups is 1. The lowest BCUT2D eigenvalue weighted by Crippen LogP contribution is -2.43. The van der Waals surface area contributed by atoms with Gasteiger partial charge in [-0.05, 0) is 37.4 Å². The Morgan fingerprint density at radius 3 is 2.70 bits per heavy atom. The van der Waals surface area contributed by atoms with Crippen LogP contribution >= 0.6 is 23.5 Å². The second kappa shape index (κ2) is 6.61. The first-order valence-electron chi connectivity index (χ1n) is 7.67. The first-order chi connectivity index (χ1) is 11.0. The van der Waals surface area contributed by atoms with Gasteiger partial charge in [0.05, 0.1) is 11.3 Å². The van der Waals surface area contributed by atoms with Crippen molar-refractivity contribution in [1.29, 1.82) is 0 Å². The number of thioether (sulfide) groups is 2. The molecular formula is C17H21N2O2S2+. The van der Waals surface area contributed by atoms with E-state index in [9.17, 15) is 9.90 Å². The molecule has 0 bridgehead atoms. The molecule has 0 amide bonds. The van der Waals surface area contributed by atoms with Gasteiger partial charge in [-0.1, -0.05) is 30.3 Å².